The second kappa shape index (κ2) is 14.7. The van der Waals surface area contributed by atoms with Crippen LogP contribution in [0, 0.1) is 0 Å². The van der Waals surface area contributed by atoms with Crippen molar-refractivity contribution < 1.29 is 14.4 Å². The molecule has 0 aliphatic heterocycles. The molecule has 0 heterocycles. The van der Waals surface area contributed by atoms with Crippen LogP contribution in [0.2, 0.25) is 0 Å². The number of hydrogen-bond donors (Lipinski definition) is 5. The van der Waals surface area contributed by atoms with Gasteiger partial charge >= 0.3 is 0 Å². The molecular formula is C14H28N4O3S3. The van der Waals surface area contributed by atoms with Gasteiger partial charge in [0, 0.05) is 45.8 Å². The minimum Gasteiger partial charge on any atom is -0.354 e. The van der Waals surface area contributed by atoms with E-state index >= 15 is 0 Å². The highest BCUT2D eigenvalue weighted by Gasteiger charge is 2.12. The van der Waals surface area contributed by atoms with Gasteiger partial charge in [-0.2, -0.15) is 37.9 Å². The molecule has 0 saturated heterocycles. The summed E-state index contributed by atoms with van der Waals surface area (Å²) in [7, 11) is 0. The molecule has 0 radical (unpaired) electrons. The Balaban J connectivity index is 4.40. The molecule has 140 valence electrons. The van der Waals surface area contributed by atoms with E-state index in [2.05, 4.69) is 53.4 Å². The van der Waals surface area contributed by atoms with Crippen molar-refractivity contribution in [1.29, 1.82) is 0 Å². The predicted octanol–water partition coefficient (Wildman–Crippen LogP) is -0.841. The molecule has 0 spiro atoms. The second-order valence-corrected chi connectivity index (χ2v) is 5.94. The van der Waals surface area contributed by atoms with E-state index < -0.39 is 0 Å². The van der Waals surface area contributed by atoms with Crippen LogP contribution in [0.5, 0.6) is 0 Å². The standard InChI is InChI=1S/C14H28N4O3S3/c1-2-18(14(21)11-24)8-7-17(5-3-15-12(19)9-22)6-4-16-13(20)10-23/h22-24H,2-11H2,1H3,(H,15,19)(H,16,20). The van der Waals surface area contributed by atoms with Gasteiger partial charge in [0.2, 0.25) is 17.7 Å². The van der Waals surface area contributed by atoms with Crippen molar-refractivity contribution in [3.8, 4) is 0 Å². The lowest BCUT2D eigenvalue weighted by atomic mass is 10.3. The highest BCUT2D eigenvalue weighted by Crippen LogP contribution is 1.95. The number of rotatable bonds is 13. The third-order valence-electron chi connectivity index (χ3n) is 3.34. The van der Waals surface area contributed by atoms with Crippen molar-refractivity contribution >= 4 is 55.6 Å². The number of carbonyl (C=O) groups is 3. The lowest BCUT2D eigenvalue weighted by Crippen LogP contribution is -2.44. The quantitative estimate of drug-likeness (QED) is 0.263. The SMILES string of the molecule is CCN(CCN(CCNC(=O)CS)CCNC(=O)CS)C(=O)CS. The van der Waals surface area contributed by atoms with E-state index in [1.807, 2.05) is 6.92 Å². The van der Waals surface area contributed by atoms with Crippen molar-refractivity contribution in [3.63, 3.8) is 0 Å². The van der Waals surface area contributed by atoms with Crippen LogP contribution < -0.4 is 10.6 Å². The monoisotopic (exact) mass is 396 g/mol. The maximum absolute atomic E-state index is 11.7. The van der Waals surface area contributed by atoms with Gasteiger partial charge in [0.05, 0.1) is 17.3 Å². The predicted molar refractivity (Wildman–Crippen MR) is 106 cm³/mol. The fraction of sp³-hybridized carbons (Fsp3) is 0.786. The molecule has 0 rings (SSSR count). The average Bonchev–Trinajstić information content (AvgIpc) is 2.60. The van der Waals surface area contributed by atoms with Crippen LogP contribution in [-0.2, 0) is 14.4 Å². The molecule has 0 aromatic carbocycles. The summed E-state index contributed by atoms with van der Waals surface area (Å²) in [5.41, 5.74) is 0. The molecule has 0 unspecified atom stereocenters. The van der Waals surface area contributed by atoms with Crippen molar-refractivity contribution in [1.82, 2.24) is 20.4 Å². The summed E-state index contributed by atoms with van der Waals surface area (Å²) in [6.07, 6.45) is 0. The van der Waals surface area contributed by atoms with E-state index in [4.69, 9.17) is 0 Å². The van der Waals surface area contributed by atoms with Crippen LogP contribution in [0.25, 0.3) is 0 Å². The van der Waals surface area contributed by atoms with E-state index in [-0.39, 0.29) is 35.0 Å². The Hall–Kier alpha value is -0.580. The number of amides is 3. The van der Waals surface area contributed by atoms with Gasteiger partial charge in [0.15, 0.2) is 0 Å². The van der Waals surface area contributed by atoms with Gasteiger partial charge in [-0.3, -0.25) is 19.3 Å². The van der Waals surface area contributed by atoms with E-state index in [0.29, 0.717) is 45.8 Å². The van der Waals surface area contributed by atoms with Crippen molar-refractivity contribution in [2.24, 2.45) is 0 Å². The van der Waals surface area contributed by atoms with E-state index in [0.717, 1.165) is 0 Å². The van der Waals surface area contributed by atoms with Crippen molar-refractivity contribution in [3.05, 3.63) is 0 Å². The van der Waals surface area contributed by atoms with Crippen LogP contribution in [-0.4, -0.2) is 90.6 Å². The average molecular weight is 397 g/mol. The molecule has 0 atom stereocenters. The number of likely N-dealkylation sites (N-methyl/N-ethyl adjacent to an activating group) is 1. The first-order valence-electron chi connectivity index (χ1n) is 7.84. The van der Waals surface area contributed by atoms with Crippen molar-refractivity contribution in [2.45, 2.75) is 6.92 Å². The van der Waals surface area contributed by atoms with Gasteiger partial charge in [-0.05, 0) is 6.92 Å². The molecule has 10 heteroatoms. The molecule has 24 heavy (non-hydrogen) atoms. The number of nitrogens with one attached hydrogen (secondary N) is 2. The molecule has 0 saturated carbocycles. The Labute approximate surface area is 160 Å². The Bertz CT molecular complexity index is 377. The first-order valence-corrected chi connectivity index (χ1v) is 9.74. The lowest BCUT2D eigenvalue weighted by Gasteiger charge is -2.27. The summed E-state index contributed by atoms with van der Waals surface area (Å²) >= 11 is 11.8. The zero-order valence-corrected chi connectivity index (χ0v) is 16.7. The smallest absolute Gasteiger partial charge is 0.232 e. The Morgan fingerprint density at radius 1 is 0.792 bits per heavy atom. The van der Waals surface area contributed by atoms with Gasteiger partial charge in [-0.25, -0.2) is 0 Å². The van der Waals surface area contributed by atoms with E-state index in [1.54, 1.807) is 4.90 Å². The zero-order chi connectivity index (χ0) is 18.4. The molecule has 0 fully saturated rings. The summed E-state index contributed by atoms with van der Waals surface area (Å²) in [6, 6.07) is 0. The maximum Gasteiger partial charge on any atom is 0.232 e. The highest BCUT2D eigenvalue weighted by molar-refractivity contribution is 7.81. The largest absolute Gasteiger partial charge is 0.354 e. The lowest BCUT2D eigenvalue weighted by molar-refractivity contribution is -0.128. The minimum absolute atomic E-state index is 0.00691. The third-order valence-corrected chi connectivity index (χ3v) is 4.19. The van der Waals surface area contributed by atoms with Gasteiger partial charge in [0.25, 0.3) is 0 Å². The molecule has 3 amide bonds. The van der Waals surface area contributed by atoms with Gasteiger partial charge < -0.3 is 15.5 Å². The van der Waals surface area contributed by atoms with Crippen LogP contribution >= 0.6 is 37.9 Å². The fourth-order valence-corrected chi connectivity index (χ4v) is 2.40. The van der Waals surface area contributed by atoms with Crippen LogP contribution in [0.15, 0.2) is 0 Å². The molecule has 0 aromatic heterocycles. The van der Waals surface area contributed by atoms with Crippen LogP contribution in [0.4, 0.5) is 0 Å². The first kappa shape index (κ1) is 23.4. The van der Waals surface area contributed by atoms with Gasteiger partial charge in [-0.15, -0.1) is 0 Å². The van der Waals surface area contributed by atoms with E-state index in [1.165, 1.54) is 0 Å². The fourth-order valence-electron chi connectivity index (χ4n) is 1.98. The molecule has 0 aliphatic carbocycles. The summed E-state index contributed by atoms with van der Waals surface area (Å²) in [5.74, 6) is 0.233. The first-order chi connectivity index (χ1) is 11.5. The Kier molecular flexibility index (Phi) is 14.4. The Morgan fingerprint density at radius 2 is 1.29 bits per heavy atom. The summed E-state index contributed by atoms with van der Waals surface area (Å²) in [5, 5.41) is 5.52. The molecule has 2 N–H and O–H groups in total. The topological polar surface area (TPSA) is 81.8 Å². The number of carbonyl (C=O) groups excluding carboxylic acids is 3. The molecule has 7 nitrogen and oxygen atoms in total. The Morgan fingerprint density at radius 3 is 1.67 bits per heavy atom. The number of nitrogens with zero attached hydrogens (tertiary/aromatic N) is 2. The molecule has 0 aromatic rings. The number of thiol groups is 3. The van der Waals surface area contributed by atoms with Crippen LogP contribution in [0.3, 0.4) is 0 Å². The highest BCUT2D eigenvalue weighted by atomic mass is 32.1. The second-order valence-electron chi connectivity index (χ2n) is 4.99. The summed E-state index contributed by atoms with van der Waals surface area (Å²) < 4.78 is 0. The maximum atomic E-state index is 11.7. The summed E-state index contributed by atoms with van der Waals surface area (Å²) in [6.45, 7) is 6.02. The summed E-state index contributed by atoms with van der Waals surface area (Å²) in [4.78, 5) is 38.1. The molecule has 0 aliphatic rings. The van der Waals surface area contributed by atoms with Gasteiger partial charge in [-0.1, -0.05) is 0 Å². The van der Waals surface area contributed by atoms with Gasteiger partial charge in [0.1, 0.15) is 0 Å². The zero-order valence-electron chi connectivity index (χ0n) is 14.0. The molecule has 0 bridgehead atoms. The minimum atomic E-state index is -0.123. The van der Waals surface area contributed by atoms with E-state index in [9.17, 15) is 14.4 Å². The number of hydrogen-bond acceptors (Lipinski definition) is 7. The molecular weight excluding hydrogens is 368 g/mol. The normalized spacial score (nSPS) is 10.5. The van der Waals surface area contributed by atoms with Crippen molar-refractivity contribution in [2.75, 3.05) is 63.1 Å². The van der Waals surface area contributed by atoms with Crippen LogP contribution in [0.1, 0.15) is 6.92 Å². The third kappa shape index (κ3) is 11.1.